The van der Waals surface area contributed by atoms with Crippen LogP contribution >= 0.6 is 0 Å². The SMILES string of the molecule is Cc1nn(C)c(C(=O)NCCCS(N)(=O)=O)c1N. The van der Waals surface area contributed by atoms with E-state index in [2.05, 4.69) is 10.4 Å². The molecule has 0 unspecified atom stereocenters. The first-order valence-electron chi connectivity index (χ1n) is 5.30. The number of aryl methyl sites for hydroxylation is 2. The van der Waals surface area contributed by atoms with Crippen molar-refractivity contribution in [3.63, 3.8) is 0 Å². The molecule has 18 heavy (non-hydrogen) atoms. The number of carbonyl (C=O) groups is 1. The minimum atomic E-state index is -3.49. The number of amides is 1. The zero-order chi connectivity index (χ0) is 13.9. The summed E-state index contributed by atoms with van der Waals surface area (Å²) >= 11 is 0. The number of sulfonamides is 1. The van der Waals surface area contributed by atoms with Crippen LogP contribution in [0.15, 0.2) is 0 Å². The topological polar surface area (TPSA) is 133 Å². The molecule has 0 spiro atoms. The van der Waals surface area contributed by atoms with Gasteiger partial charge in [0.25, 0.3) is 5.91 Å². The van der Waals surface area contributed by atoms with Gasteiger partial charge in [0.2, 0.25) is 10.0 Å². The number of rotatable bonds is 5. The lowest BCUT2D eigenvalue weighted by atomic mass is 10.3. The Bertz CT molecular complexity index is 549. The molecule has 0 bridgehead atoms. The molecule has 0 saturated heterocycles. The van der Waals surface area contributed by atoms with Crippen LogP contribution in [0.5, 0.6) is 0 Å². The van der Waals surface area contributed by atoms with Gasteiger partial charge in [-0.2, -0.15) is 5.10 Å². The molecule has 0 aliphatic rings. The Labute approximate surface area is 105 Å². The van der Waals surface area contributed by atoms with Gasteiger partial charge in [0, 0.05) is 13.6 Å². The lowest BCUT2D eigenvalue weighted by molar-refractivity contribution is 0.0945. The molecule has 0 atom stereocenters. The molecule has 8 nitrogen and oxygen atoms in total. The van der Waals surface area contributed by atoms with Crippen molar-refractivity contribution >= 4 is 21.6 Å². The van der Waals surface area contributed by atoms with Crippen molar-refractivity contribution in [3.05, 3.63) is 11.4 Å². The molecule has 0 aromatic carbocycles. The standard InChI is InChI=1S/C9H17N5O3S/c1-6-7(10)8(14(2)13-6)9(15)12-4-3-5-18(11,16)17/h3-5,10H2,1-2H3,(H,12,15)(H2,11,16,17). The smallest absolute Gasteiger partial charge is 0.271 e. The Hall–Kier alpha value is -1.61. The highest BCUT2D eigenvalue weighted by molar-refractivity contribution is 7.89. The summed E-state index contributed by atoms with van der Waals surface area (Å²) in [5, 5.41) is 11.4. The number of hydrogen-bond acceptors (Lipinski definition) is 5. The highest BCUT2D eigenvalue weighted by Gasteiger charge is 2.17. The molecule has 1 rings (SSSR count). The summed E-state index contributed by atoms with van der Waals surface area (Å²) in [6.45, 7) is 1.91. The van der Waals surface area contributed by atoms with Crippen molar-refractivity contribution < 1.29 is 13.2 Å². The van der Waals surface area contributed by atoms with Gasteiger partial charge in [-0.25, -0.2) is 13.6 Å². The van der Waals surface area contributed by atoms with E-state index in [1.807, 2.05) is 0 Å². The number of primary sulfonamides is 1. The van der Waals surface area contributed by atoms with Crippen LogP contribution in [-0.4, -0.2) is 36.4 Å². The van der Waals surface area contributed by atoms with Gasteiger partial charge >= 0.3 is 0 Å². The number of nitrogen functional groups attached to an aromatic ring is 1. The zero-order valence-electron chi connectivity index (χ0n) is 10.3. The number of aromatic nitrogens is 2. The van der Waals surface area contributed by atoms with Crippen LogP contribution in [0.2, 0.25) is 0 Å². The molecule has 0 aliphatic heterocycles. The van der Waals surface area contributed by atoms with E-state index in [4.69, 9.17) is 10.9 Å². The number of hydrogen-bond donors (Lipinski definition) is 3. The first kappa shape index (κ1) is 14.5. The van der Waals surface area contributed by atoms with Crippen molar-refractivity contribution in [1.29, 1.82) is 0 Å². The molecule has 1 amide bonds. The number of nitrogens with zero attached hydrogens (tertiary/aromatic N) is 2. The number of anilines is 1. The minimum absolute atomic E-state index is 0.173. The van der Waals surface area contributed by atoms with E-state index < -0.39 is 10.0 Å². The third-order valence-corrected chi connectivity index (χ3v) is 3.23. The zero-order valence-corrected chi connectivity index (χ0v) is 11.1. The van der Waals surface area contributed by atoms with Crippen LogP contribution in [0.4, 0.5) is 5.69 Å². The largest absolute Gasteiger partial charge is 0.395 e. The van der Waals surface area contributed by atoms with Gasteiger partial charge in [0.15, 0.2) is 0 Å². The Morgan fingerprint density at radius 2 is 2.11 bits per heavy atom. The molecule has 0 aliphatic carbocycles. The fourth-order valence-corrected chi connectivity index (χ4v) is 2.05. The second kappa shape index (κ2) is 5.36. The molecule has 0 saturated carbocycles. The van der Waals surface area contributed by atoms with E-state index >= 15 is 0 Å². The summed E-state index contributed by atoms with van der Waals surface area (Å²) in [4.78, 5) is 11.8. The average molecular weight is 275 g/mol. The van der Waals surface area contributed by atoms with Crippen LogP contribution in [0.3, 0.4) is 0 Å². The second-order valence-corrected chi connectivity index (χ2v) is 5.68. The summed E-state index contributed by atoms with van der Waals surface area (Å²) in [5.41, 5.74) is 6.88. The van der Waals surface area contributed by atoms with Crippen molar-refractivity contribution in [2.75, 3.05) is 18.0 Å². The molecule has 102 valence electrons. The monoisotopic (exact) mass is 275 g/mol. The van der Waals surface area contributed by atoms with Crippen molar-refractivity contribution in [1.82, 2.24) is 15.1 Å². The van der Waals surface area contributed by atoms with Gasteiger partial charge in [-0.1, -0.05) is 0 Å². The lowest BCUT2D eigenvalue weighted by Gasteiger charge is -2.05. The highest BCUT2D eigenvalue weighted by atomic mass is 32.2. The highest BCUT2D eigenvalue weighted by Crippen LogP contribution is 2.14. The third-order valence-electron chi connectivity index (χ3n) is 2.37. The Balaban J connectivity index is 2.56. The molecule has 0 fully saturated rings. The summed E-state index contributed by atoms with van der Waals surface area (Å²) in [5.74, 6) is -0.558. The van der Waals surface area contributed by atoms with Gasteiger partial charge in [-0.15, -0.1) is 0 Å². The van der Waals surface area contributed by atoms with E-state index in [0.29, 0.717) is 11.4 Å². The fourth-order valence-electron chi connectivity index (χ4n) is 1.50. The maximum Gasteiger partial charge on any atom is 0.271 e. The van der Waals surface area contributed by atoms with Crippen LogP contribution in [0.25, 0.3) is 0 Å². The molecule has 9 heteroatoms. The van der Waals surface area contributed by atoms with Gasteiger partial charge in [-0.3, -0.25) is 9.48 Å². The third kappa shape index (κ3) is 3.70. The first-order chi connectivity index (χ1) is 8.22. The van der Waals surface area contributed by atoms with Crippen molar-refractivity contribution in [2.45, 2.75) is 13.3 Å². The van der Waals surface area contributed by atoms with Crippen LogP contribution in [0.1, 0.15) is 22.6 Å². The molecular weight excluding hydrogens is 258 g/mol. The average Bonchev–Trinajstić information content (AvgIpc) is 2.47. The Kier molecular flexibility index (Phi) is 4.30. The normalized spacial score (nSPS) is 11.5. The van der Waals surface area contributed by atoms with Crippen LogP contribution in [-0.2, 0) is 17.1 Å². The number of nitrogens with one attached hydrogen (secondary N) is 1. The number of carbonyl (C=O) groups excluding carboxylic acids is 1. The Morgan fingerprint density at radius 3 is 2.56 bits per heavy atom. The summed E-state index contributed by atoms with van der Waals surface area (Å²) < 4.78 is 22.8. The lowest BCUT2D eigenvalue weighted by Crippen LogP contribution is -2.29. The quantitative estimate of drug-likeness (QED) is 0.575. The van der Waals surface area contributed by atoms with E-state index in [1.54, 1.807) is 14.0 Å². The second-order valence-electron chi connectivity index (χ2n) is 3.95. The van der Waals surface area contributed by atoms with E-state index in [-0.39, 0.29) is 30.3 Å². The molecule has 1 aromatic heterocycles. The first-order valence-corrected chi connectivity index (χ1v) is 7.01. The van der Waals surface area contributed by atoms with Crippen LogP contribution in [0, 0.1) is 6.92 Å². The predicted molar refractivity (Wildman–Crippen MR) is 67.3 cm³/mol. The van der Waals surface area contributed by atoms with Gasteiger partial charge in [0.1, 0.15) is 5.69 Å². The molecule has 5 N–H and O–H groups in total. The molecule has 0 radical (unpaired) electrons. The summed E-state index contributed by atoms with van der Waals surface area (Å²) in [6, 6.07) is 0. The molecule has 1 aromatic rings. The van der Waals surface area contributed by atoms with Crippen molar-refractivity contribution in [2.24, 2.45) is 12.2 Å². The molecule has 1 heterocycles. The number of nitrogens with two attached hydrogens (primary N) is 2. The minimum Gasteiger partial charge on any atom is -0.395 e. The van der Waals surface area contributed by atoms with Gasteiger partial charge in [-0.05, 0) is 13.3 Å². The Morgan fingerprint density at radius 1 is 1.50 bits per heavy atom. The van der Waals surface area contributed by atoms with E-state index in [0.717, 1.165) is 0 Å². The maximum absolute atomic E-state index is 11.8. The van der Waals surface area contributed by atoms with Gasteiger partial charge in [0.05, 0.1) is 17.1 Å². The van der Waals surface area contributed by atoms with E-state index in [1.165, 1.54) is 4.68 Å². The summed E-state index contributed by atoms with van der Waals surface area (Å²) in [7, 11) is -1.88. The van der Waals surface area contributed by atoms with Crippen molar-refractivity contribution in [3.8, 4) is 0 Å². The molecular formula is C9H17N5O3S. The maximum atomic E-state index is 11.8. The predicted octanol–water partition coefficient (Wildman–Crippen LogP) is -1.28. The fraction of sp³-hybridized carbons (Fsp3) is 0.556. The van der Waals surface area contributed by atoms with E-state index in [9.17, 15) is 13.2 Å². The van der Waals surface area contributed by atoms with Gasteiger partial charge < -0.3 is 11.1 Å². The summed E-state index contributed by atoms with van der Waals surface area (Å²) in [6.07, 6.45) is 0.251. The van der Waals surface area contributed by atoms with Crippen LogP contribution < -0.4 is 16.2 Å².